The third-order valence-electron chi connectivity index (χ3n) is 3.80. The molecular weight excluding hydrogens is 344 g/mol. The number of nitrogens with zero attached hydrogens (tertiary/aromatic N) is 3. The molecule has 0 spiro atoms. The number of nitro groups is 1. The highest BCUT2D eigenvalue weighted by atomic mass is 16.6. The predicted octanol–water partition coefficient (Wildman–Crippen LogP) is 2.50. The molecule has 142 valence electrons. The Morgan fingerprint density at radius 1 is 1.38 bits per heavy atom. The number of pyridine rings is 1. The Labute approximate surface area is 150 Å². The van der Waals surface area contributed by atoms with E-state index in [4.69, 9.17) is 9.84 Å². The number of carboxylic acid groups (broad SMARTS) is 1. The van der Waals surface area contributed by atoms with Crippen molar-refractivity contribution in [1.29, 1.82) is 0 Å². The minimum Gasteiger partial charge on any atom is -0.478 e. The number of amides is 1. The van der Waals surface area contributed by atoms with Crippen LogP contribution in [0.1, 0.15) is 44.0 Å². The van der Waals surface area contributed by atoms with Crippen molar-refractivity contribution < 1.29 is 24.4 Å². The van der Waals surface area contributed by atoms with Gasteiger partial charge in [-0.25, -0.2) is 14.6 Å². The molecule has 2 N–H and O–H groups in total. The molecule has 0 atom stereocenters. The van der Waals surface area contributed by atoms with Gasteiger partial charge in [0.05, 0.1) is 10.5 Å². The number of carbonyl (C=O) groups excluding carboxylic acids is 1. The van der Waals surface area contributed by atoms with Crippen LogP contribution in [0.2, 0.25) is 0 Å². The van der Waals surface area contributed by atoms with Gasteiger partial charge < -0.3 is 20.1 Å². The molecule has 0 unspecified atom stereocenters. The maximum atomic E-state index is 12.0. The van der Waals surface area contributed by atoms with Gasteiger partial charge in [-0.2, -0.15) is 0 Å². The highest BCUT2D eigenvalue weighted by Gasteiger charge is 2.28. The molecule has 1 saturated heterocycles. The Morgan fingerprint density at radius 2 is 2.00 bits per heavy atom. The van der Waals surface area contributed by atoms with E-state index >= 15 is 0 Å². The van der Waals surface area contributed by atoms with E-state index in [-0.39, 0.29) is 29.2 Å². The number of ether oxygens (including phenoxy) is 1. The lowest BCUT2D eigenvalue weighted by Crippen LogP contribution is -2.44. The van der Waals surface area contributed by atoms with Gasteiger partial charge in [-0.1, -0.05) is 0 Å². The third kappa shape index (κ3) is 5.04. The van der Waals surface area contributed by atoms with Crippen molar-refractivity contribution in [3.05, 3.63) is 27.9 Å². The minimum atomic E-state index is -1.28. The number of hydrogen-bond acceptors (Lipinski definition) is 7. The van der Waals surface area contributed by atoms with Crippen molar-refractivity contribution >= 4 is 23.6 Å². The van der Waals surface area contributed by atoms with E-state index in [0.29, 0.717) is 25.9 Å². The summed E-state index contributed by atoms with van der Waals surface area (Å²) in [7, 11) is 0. The van der Waals surface area contributed by atoms with E-state index < -0.39 is 16.5 Å². The van der Waals surface area contributed by atoms with Crippen LogP contribution in [0, 0.1) is 10.1 Å². The highest BCUT2D eigenvalue weighted by Crippen LogP contribution is 2.26. The maximum Gasteiger partial charge on any atom is 0.410 e. The van der Waals surface area contributed by atoms with Crippen LogP contribution in [0.3, 0.4) is 0 Å². The number of aromatic nitrogens is 1. The number of rotatable bonds is 4. The van der Waals surface area contributed by atoms with E-state index in [9.17, 15) is 19.7 Å². The lowest BCUT2D eigenvalue weighted by atomic mass is 10.1. The zero-order valence-corrected chi connectivity index (χ0v) is 14.9. The molecule has 10 heteroatoms. The summed E-state index contributed by atoms with van der Waals surface area (Å²) in [6.45, 7) is 6.29. The van der Waals surface area contributed by atoms with Crippen molar-refractivity contribution in [1.82, 2.24) is 9.88 Å². The smallest absolute Gasteiger partial charge is 0.410 e. The molecule has 1 aliphatic heterocycles. The van der Waals surface area contributed by atoms with Crippen molar-refractivity contribution in [2.24, 2.45) is 0 Å². The molecule has 0 aromatic carbocycles. The fraction of sp³-hybridized carbons (Fsp3) is 0.562. The van der Waals surface area contributed by atoms with Gasteiger partial charge >= 0.3 is 17.7 Å². The summed E-state index contributed by atoms with van der Waals surface area (Å²) in [4.78, 5) is 39.0. The monoisotopic (exact) mass is 366 g/mol. The van der Waals surface area contributed by atoms with Crippen LogP contribution >= 0.6 is 0 Å². The Hall–Kier alpha value is -2.91. The maximum absolute atomic E-state index is 12.0. The van der Waals surface area contributed by atoms with E-state index in [2.05, 4.69) is 10.3 Å². The molecule has 26 heavy (non-hydrogen) atoms. The van der Waals surface area contributed by atoms with Gasteiger partial charge in [0, 0.05) is 31.4 Å². The molecular formula is C16H22N4O6. The van der Waals surface area contributed by atoms with Crippen LogP contribution in [-0.2, 0) is 4.74 Å². The third-order valence-corrected chi connectivity index (χ3v) is 3.80. The molecule has 0 aliphatic carbocycles. The van der Waals surface area contributed by atoms with Gasteiger partial charge in [0.2, 0.25) is 5.82 Å². The van der Waals surface area contributed by atoms with Crippen molar-refractivity contribution in [3.8, 4) is 0 Å². The van der Waals surface area contributed by atoms with Gasteiger partial charge in [0.15, 0.2) is 0 Å². The first-order valence-electron chi connectivity index (χ1n) is 8.19. The topological polar surface area (TPSA) is 135 Å². The summed E-state index contributed by atoms with van der Waals surface area (Å²) >= 11 is 0. The summed E-state index contributed by atoms with van der Waals surface area (Å²) in [5, 5.41) is 23.1. The Balaban J connectivity index is 2.00. The molecule has 0 radical (unpaired) electrons. The van der Waals surface area contributed by atoms with Crippen molar-refractivity contribution in [2.45, 2.75) is 45.3 Å². The lowest BCUT2D eigenvalue weighted by Gasteiger charge is -2.33. The van der Waals surface area contributed by atoms with Crippen LogP contribution < -0.4 is 5.32 Å². The van der Waals surface area contributed by atoms with E-state index in [1.54, 1.807) is 25.7 Å². The van der Waals surface area contributed by atoms with Crippen LogP contribution in [0.5, 0.6) is 0 Å². The summed E-state index contributed by atoms with van der Waals surface area (Å²) in [5.74, 6) is -1.26. The second-order valence-electron chi connectivity index (χ2n) is 7.04. The first-order valence-corrected chi connectivity index (χ1v) is 8.19. The zero-order valence-electron chi connectivity index (χ0n) is 14.9. The molecule has 0 saturated carbocycles. The molecule has 0 bridgehead atoms. The predicted molar refractivity (Wildman–Crippen MR) is 92.3 cm³/mol. The molecule has 1 aliphatic rings. The number of anilines is 1. The minimum absolute atomic E-state index is 0.0238. The Morgan fingerprint density at radius 3 is 2.50 bits per heavy atom. The standard InChI is InChI=1S/C16H22N4O6/c1-16(2,3)26-15(23)19-6-4-11(5-7-19)18-13-12(20(24)25)8-10(9-17-13)14(21)22/h8-9,11H,4-7H2,1-3H3,(H,17,18)(H,21,22). The number of aromatic carboxylic acids is 1. The number of piperidine rings is 1. The quantitative estimate of drug-likeness (QED) is 0.613. The molecule has 10 nitrogen and oxygen atoms in total. The molecule has 1 aromatic heterocycles. The first-order chi connectivity index (χ1) is 12.1. The normalized spacial score (nSPS) is 15.4. The van der Waals surface area contributed by atoms with E-state index in [0.717, 1.165) is 12.3 Å². The second-order valence-corrected chi connectivity index (χ2v) is 7.04. The van der Waals surface area contributed by atoms with Crippen LogP contribution in [0.15, 0.2) is 12.3 Å². The summed E-state index contributed by atoms with van der Waals surface area (Å²) in [5.41, 5.74) is -1.20. The van der Waals surface area contributed by atoms with Crippen LogP contribution in [-0.4, -0.2) is 56.7 Å². The van der Waals surface area contributed by atoms with Gasteiger partial charge in [0.25, 0.3) is 0 Å². The fourth-order valence-electron chi connectivity index (χ4n) is 2.55. The Bertz CT molecular complexity index is 707. The zero-order chi connectivity index (χ0) is 19.5. The number of hydrogen-bond donors (Lipinski definition) is 2. The highest BCUT2D eigenvalue weighted by molar-refractivity contribution is 5.88. The average molecular weight is 366 g/mol. The summed E-state index contributed by atoms with van der Waals surface area (Å²) < 4.78 is 5.33. The molecule has 2 heterocycles. The number of carbonyl (C=O) groups is 2. The van der Waals surface area contributed by atoms with E-state index in [1.807, 2.05) is 0 Å². The molecule has 1 aromatic rings. The average Bonchev–Trinajstić information content (AvgIpc) is 2.53. The Kier molecular flexibility index (Phi) is 5.63. The number of likely N-dealkylation sites (tertiary alicyclic amines) is 1. The molecule has 2 rings (SSSR count). The van der Waals surface area contributed by atoms with Gasteiger partial charge in [0.1, 0.15) is 5.60 Å². The second kappa shape index (κ2) is 7.54. The van der Waals surface area contributed by atoms with Crippen molar-refractivity contribution in [2.75, 3.05) is 18.4 Å². The summed E-state index contributed by atoms with van der Waals surface area (Å²) in [6, 6.07) is 0.864. The van der Waals surface area contributed by atoms with Crippen molar-refractivity contribution in [3.63, 3.8) is 0 Å². The number of nitrogens with one attached hydrogen (secondary N) is 1. The largest absolute Gasteiger partial charge is 0.478 e. The first kappa shape index (κ1) is 19.4. The summed E-state index contributed by atoms with van der Waals surface area (Å²) in [6.07, 6.45) is 1.83. The SMILES string of the molecule is CC(C)(C)OC(=O)N1CCC(Nc2ncc(C(=O)O)cc2[N+](=O)[O-])CC1. The van der Waals surface area contributed by atoms with Crippen LogP contribution in [0.25, 0.3) is 0 Å². The van der Waals surface area contributed by atoms with Gasteiger partial charge in [-0.15, -0.1) is 0 Å². The molecule has 1 fully saturated rings. The lowest BCUT2D eigenvalue weighted by molar-refractivity contribution is -0.384. The van der Waals surface area contributed by atoms with Gasteiger partial charge in [-0.3, -0.25) is 10.1 Å². The number of carboxylic acids is 1. The fourth-order valence-corrected chi connectivity index (χ4v) is 2.55. The van der Waals surface area contributed by atoms with E-state index in [1.165, 1.54) is 0 Å². The van der Waals surface area contributed by atoms with Gasteiger partial charge in [-0.05, 0) is 33.6 Å². The van der Waals surface area contributed by atoms with Crippen LogP contribution in [0.4, 0.5) is 16.3 Å². The molecule has 1 amide bonds.